The van der Waals surface area contributed by atoms with Crippen molar-refractivity contribution < 1.29 is 0 Å². The lowest BCUT2D eigenvalue weighted by atomic mass is 10.1. The van der Waals surface area contributed by atoms with E-state index in [0.29, 0.717) is 0 Å². The average molecular weight is 193 g/mol. The summed E-state index contributed by atoms with van der Waals surface area (Å²) in [6.45, 7) is 5.42. The Bertz CT molecular complexity index is 271. The number of hydrogen-bond donors (Lipinski definition) is 2. The van der Waals surface area contributed by atoms with Gasteiger partial charge >= 0.3 is 0 Å². The lowest BCUT2D eigenvalue weighted by Crippen LogP contribution is -2.08. The Morgan fingerprint density at radius 1 is 1.43 bits per heavy atom. The van der Waals surface area contributed by atoms with Crippen LogP contribution in [-0.2, 0) is 0 Å². The molecule has 0 unspecified atom stereocenters. The van der Waals surface area contributed by atoms with E-state index in [4.69, 9.17) is 0 Å². The van der Waals surface area contributed by atoms with Crippen molar-refractivity contribution in [3.8, 4) is 0 Å². The molecular weight excluding hydrogens is 174 g/mol. The van der Waals surface area contributed by atoms with Crippen molar-refractivity contribution in [2.24, 2.45) is 5.92 Å². The lowest BCUT2D eigenvalue weighted by molar-refractivity contribution is 0.606. The third-order valence-electron chi connectivity index (χ3n) is 2.09. The molecule has 0 bridgehead atoms. The molecule has 78 valence electrons. The molecule has 1 rings (SSSR count). The quantitative estimate of drug-likeness (QED) is 0.754. The number of aromatic nitrogens is 1. The van der Waals surface area contributed by atoms with Gasteiger partial charge in [0.1, 0.15) is 5.82 Å². The Morgan fingerprint density at radius 3 is 2.86 bits per heavy atom. The molecule has 0 fully saturated rings. The smallest absolute Gasteiger partial charge is 0.149 e. The van der Waals surface area contributed by atoms with Crippen LogP contribution in [0, 0.1) is 5.92 Å². The third kappa shape index (κ3) is 3.24. The van der Waals surface area contributed by atoms with E-state index in [1.807, 2.05) is 19.2 Å². The fraction of sp³-hybridized carbons (Fsp3) is 0.545. The van der Waals surface area contributed by atoms with Crippen LogP contribution >= 0.6 is 0 Å². The average Bonchev–Trinajstić information content (AvgIpc) is 2.18. The highest BCUT2D eigenvalue weighted by molar-refractivity contribution is 5.63. The van der Waals surface area contributed by atoms with E-state index in [1.165, 1.54) is 6.42 Å². The lowest BCUT2D eigenvalue weighted by Gasteiger charge is -2.11. The zero-order chi connectivity index (χ0) is 10.4. The Balaban J connectivity index is 2.49. The maximum atomic E-state index is 4.27. The molecule has 2 N–H and O–H groups in total. The van der Waals surface area contributed by atoms with E-state index in [2.05, 4.69) is 29.5 Å². The van der Waals surface area contributed by atoms with Crippen LogP contribution in [0.1, 0.15) is 20.3 Å². The van der Waals surface area contributed by atoms with Crippen molar-refractivity contribution in [1.29, 1.82) is 0 Å². The second-order valence-electron chi connectivity index (χ2n) is 3.76. The molecule has 3 nitrogen and oxygen atoms in total. The number of hydrogen-bond acceptors (Lipinski definition) is 3. The second-order valence-corrected chi connectivity index (χ2v) is 3.76. The summed E-state index contributed by atoms with van der Waals surface area (Å²) in [7, 11) is 1.91. The standard InChI is InChI=1S/C11H19N3/c1-9(2)6-8-14-11-10(12-3)5-4-7-13-11/h4-5,7,9,12H,6,8H2,1-3H3,(H,13,14). The molecule has 0 aliphatic heterocycles. The molecule has 0 aromatic carbocycles. The Kier molecular flexibility index (Phi) is 4.23. The van der Waals surface area contributed by atoms with Gasteiger partial charge in [-0.25, -0.2) is 4.98 Å². The first kappa shape index (κ1) is 10.8. The highest BCUT2D eigenvalue weighted by Crippen LogP contribution is 2.16. The predicted octanol–water partition coefficient (Wildman–Crippen LogP) is 2.58. The first-order valence-corrected chi connectivity index (χ1v) is 5.10. The molecule has 0 spiro atoms. The van der Waals surface area contributed by atoms with Gasteiger partial charge in [0.25, 0.3) is 0 Å². The highest BCUT2D eigenvalue weighted by atomic mass is 15.0. The maximum Gasteiger partial charge on any atom is 0.149 e. The monoisotopic (exact) mass is 193 g/mol. The van der Waals surface area contributed by atoms with Gasteiger partial charge in [-0.3, -0.25) is 0 Å². The summed E-state index contributed by atoms with van der Waals surface area (Å²) in [5.74, 6) is 1.67. The van der Waals surface area contributed by atoms with Crippen LogP contribution in [0.2, 0.25) is 0 Å². The molecule has 1 aromatic rings. The van der Waals surface area contributed by atoms with Gasteiger partial charge in [0.05, 0.1) is 5.69 Å². The summed E-state index contributed by atoms with van der Waals surface area (Å²) in [5, 5.41) is 6.43. The third-order valence-corrected chi connectivity index (χ3v) is 2.09. The van der Waals surface area contributed by atoms with Crippen LogP contribution in [0.3, 0.4) is 0 Å². The normalized spacial score (nSPS) is 10.3. The van der Waals surface area contributed by atoms with Gasteiger partial charge in [0.2, 0.25) is 0 Å². The summed E-state index contributed by atoms with van der Waals surface area (Å²) in [6.07, 6.45) is 2.97. The number of nitrogens with one attached hydrogen (secondary N) is 2. The highest BCUT2D eigenvalue weighted by Gasteiger charge is 2.00. The van der Waals surface area contributed by atoms with Crippen LogP contribution in [0.5, 0.6) is 0 Å². The van der Waals surface area contributed by atoms with Gasteiger partial charge in [-0.1, -0.05) is 13.8 Å². The van der Waals surface area contributed by atoms with E-state index in [9.17, 15) is 0 Å². The Hall–Kier alpha value is -1.25. The molecule has 1 heterocycles. The molecule has 3 heteroatoms. The summed E-state index contributed by atoms with van der Waals surface area (Å²) >= 11 is 0. The van der Waals surface area contributed by atoms with E-state index >= 15 is 0 Å². The van der Waals surface area contributed by atoms with Crippen LogP contribution in [0.15, 0.2) is 18.3 Å². The van der Waals surface area contributed by atoms with E-state index < -0.39 is 0 Å². The number of anilines is 2. The Labute approximate surface area is 85.9 Å². The van der Waals surface area contributed by atoms with E-state index in [1.54, 1.807) is 6.20 Å². The maximum absolute atomic E-state index is 4.27. The van der Waals surface area contributed by atoms with Gasteiger partial charge in [0, 0.05) is 19.8 Å². The number of pyridine rings is 1. The topological polar surface area (TPSA) is 37.0 Å². The molecule has 0 aliphatic rings. The second kappa shape index (κ2) is 5.47. The minimum absolute atomic E-state index is 0.726. The number of rotatable bonds is 5. The van der Waals surface area contributed by atoms with Crippen molar-refractivity contribution in [3.63, 3.8) is 0 Å². The molecule has 14 heavy (non-hydrogen) atoms. The molecule has 1 aromatic heterocycles. The van der Waals surface area contributed by atoms with Crippen LogP contribution in [0.25, 0.3) is 0 Å². The van der Waals surface area contributed by atoms with E-state index in [-0.39, 0.29) is 0 Å². The molecule has 0 saturated carbocycles. The van der Waals surface area contributed by atoms with Crippen LogP contribution in [-0.4, -0.2) is 18.6 Å². The van der Waals surface area contributed by atoms with Gasteiger partial charge < -0.3 is 10.6 Å². The predicted molar refractivity (Wildman–Crippen MR) is 61.7 cm³/mol. The van der Waals surface area contributed by atoms with Gasteiger partial charge in [-0.15, -0.1) is 0 Å². The minimum Gasteiger partial charge on any atom is -0.385 e. The molecule has 0 radical (unpaired) electrons. The first-order chi connectivity index (χ1) is 6.74. The first-order valence-electron chi connectivity index (χ1n) is 5.10. The van der Waals surface area contributed by atoms with Crippen LogP contribution < -0.4 is 10.6 Å². The summed E-state index contributed by atoms with van der Waals surface area (Å²) in [6, 6.07) is 3.95. The van der Waals surface area contributed by atoms with Gasteiger partial charge in [-0.2, -0.15) is 0 Å². The van der Waals surface area contributed by atoms with Crippen LogP contribution in [0.4, 0.5) is 11.5 Å². The fourth-order valence-electron chi connectivity index (χ4n) is 1.23. The molecule has 0 amide bonds. The summed E-state index contributed by atoms with van der Waals surface area (Å²) in [5.41, 5.74) is 1.05. The van der Waals surface area contributed by atoms with Gasteiger partial charge in [-0.05, 0) is 24.5 Å². The molecule has 0 saturated heterocycles. The van der Waals surface area contributed by atoms with Crippen molar-refractivity contribution >= 4 is 11.5 Å². The zero-order valence-corrected chi connectivity index (χ0v) is 9.17. The van der Waals surface area contributed by atoms with Gasteiger partial charge in [0.15, 0.2) is 0 Å². The fourth-order valence-corrected chi connectivity index (χ4v) is 1.23. The summed E-state index contributed by atoms with van der Waals surface area (Å²) < 4.78 is 0. The summed E-state index contributed by atoms with van der Waals surface area (Å²) in [4.78, 5) is 4.27. The zero-order valence-electron chi connectivity index (χ0n) is 9.17. The van der Waals surface area contributed by atoms with Crippen molar-refractivity contribution in [1.82, 2.24) is 4.98 Å². The van der Waals surface area contributed by atoms with E-state index in [0.717, 1.165) is 24.0 Å². The molecule has 0 aliphatic carbocycles. The SMILES string of the molecule is CNc1cccnc1NCCC(C)C. The Morgan fingerprint density at radius 2 is 2.21 bits per heavy atom. The molecule has 0 atom stereocenters. The largest absolute Gasteiger partial charge is 0.385 e. The van der Waals surface area contributed by atoms with Crippen molar-refractivity contribution in [2.75, 3.05) is 24.2 Å². The molecular formula is C11H19N3. The number of nitrogens with zero attached hydrogens (tertiary/aromatic N) is 1. The van der Waals surface area contributed by atoms with Crippen molar-refractivity contribution in [2.45, 2.75) is 20.3 Å². The minimum atomic E-state index is 0.726. The van der Waals surface area contributed by atoms with Crippen molar-refractivity contribution in [3.05, 3.63) is 18.3 Å².